The highest BCUT2D eigenvalue weighted by Gasteiger charge is 2.18. The predicted octanol–water partition coefficient (Wildman–Crippen LogP) is 5.48. The Morgan fingerprint density at radius 3 is 2.46 bits per heavy atom. The van der Waals surface area contributed by atoms with Crippen LogP contribution in [0.5, 0.6) is 11.5 Å². The van der Waals surface area contributed by atoms with Crippen LogP contribution in [0.15, 0.2) is 42.5 Å². The Kier molecular flexibility index (Phi) is 6.39. The SMILES string of the molecule is COc1ccc2c(Cl)c(C(=O)NC(=S)Nc3ccc(OC(C)C)cc3)sc2c1. The van der Waals surface area contributed by atoms with Crippen LogP contribution in [0.1, 0.15) is 23.5 Å². The van der Waals surface area contributed by atoms with Crippen LogP contribution in [0.3, 0.4) is 0 Å². The van der Waals surface area contributed by atoms with E-state index in [9.17, 15) is 4.79 Å². The van der Waals surface area contributed by atoms with Gasteiger partial charge in [-0.2, -0.15) is 0 Å². The fourth-order valence-corrected chi connectivity index (χ4v) is 4.18. The molecule has 2 aromatic carbocycles. The summed E-state index contributed by atoms with van der Waals surface area (Å²) in [5.74, 6) is 1.12. The second kappa shape index (κ2) is 8.77. The second-order valence-electron chi connectivity index (χ2n) is 6.21. The summed E-state index contributed by atoms with van der Waals surface area (Å²) in [6, 6.07) is 12.8. The highest BCUT2D eigenvalue weighted by molar-refractivity contribution is 7.80. The number of halogens is 1. The van der Waals surface area contributed by atoms with Crippen molar-refractivity contribution in [3.8, 4) is 11.5 Å². The highest BCUT2D eigenvalue weighted by atomic mass is 35.5. The van der Waals surface area contributed by atoms with E-state index in [2.05, 4.69) is 10.6 Å². The topological polar surface area (TPSA) is 59.6 Å². The number of amides is 1. The number of nitrogens with one attached hydrogen (secondary N) is 2. The summed E-state index contributed by atoms with van der Waals surface area (Å²) in [4.78, 5) is 13.0. The molecule has 0 aliphatic rings. The molecule has 1 amide bonds. The van der Waals surface area contributed by atoms with E-state index in [1.807, 2.05) is 56.3 Å². The molecule has 0 atom stereocenters. The number of methoxy groups -OCH3 is 1. The smallest absolute Gasteiger partial charge is 0.269 e. The van der Waals surface area contributed by atoms with Crippen molar-refractivity contribution >= 4 is 61.9 Å². The van der Waals surface area contributed by atoms with E-state index < -0.39 is 0 Å². The van der Waals surface area contributed by atoms with Crippen LogP contribution in [-0.2, 0) is 0 Å². The highest BCUT2D eigenvalue weighted by Crippen LogP contribution is 2.37. The Morgan fingerprint density at radius 2 is 1.82 bits per heavy atom. The quantitative estimate of drug-likeness (QED) is 0.521. The van der Waals surface area contributed by atoms with Crippen molar-refractivity contribution in [3.63, 3.8) is 0 Å². The molecular formula is C20H19ClN2O3S2. The molecule has 0 bridgehead atoms. The fraction of sp³-hybridized carbons (Fsp3) is 0.200. The standard InChI is InChI=1S/C20H19ClN2O3S2/c1-11(2)26-13-6-4-12(5-7-13)22-20(27)23-19(24)18-17(21)15-9-8-14(25-3)10-16(15)28-18/h4-11H,1-3H3,(H2,22,23,24,27). The first-order chi connectivity index (χ1) is 13.4. The third-order valence-corrected chi connectivity index (χ3v) is 5.61. The Bertz CT molecular complexity index is 1020. The van der Waals surface area contributed by atoms with Gasteiger partial charge in [0, 0.05) is 15.8 Å². The summed E-state index contributed by atoms with van der Waals surface area (Å²) < 4.78 is 11.7. The molecule has 0 spiro atoms. The maximum Gasteiger partial charge on any atom is 0.269 e. The number of carbonyl (C=O) groups is 1. The first-order valence-corrected chi connectivity index (χ1v) is 10.1. The third kappa shape index (κ3) is 4.73. The molecule has 8 heteroatoms. The molecule has 2 N–H and O–H groups in total. The van der Waals surface area contributed by atoms with E-state index in [-0.39, 0.29) is 17.1 Å². The summed E-state index contributed by atoms with van der Waals surface area (Å²) >= 11 is 12.9. The number of ether oxygens (including phenoxy) is 2. The lowest BCUT2D eigenvalue weighted by atomic mass is 10.2. The Hall–Kier alpha value is -2.35. The van der Waals surface area contributed by atoms with Gasteiger partial charge in [0.05, 0.1) is 18.2 Å². The van der Waals surface area contributed by atoms with E-state index >= 15 is 0 Å². The van der Waals surface area contributed by atoms with Gasteiger partial charge in [0.2, 0.25) is 0 Å². The van der Waals surface area contributed by atoms with Gasteiger partial charge < -0.3 is 14.8 Å². The zero-order valence-electron chi connectivity index (χ0n) is 15.5. The Labute approximate surface area is 177 Å². The van der Waals surface area contributed by atoms with Crippen molar-refractivity contribution in [1.29, 1.82) is 0 Å². The first kappa shape index (κ1) is 20.4. The molecule has 0 aliphatic carbocycles. The number of benzene rings is 2. The minimum Gasteiger partial charge on any atom is -0.497 e. The summed E-state index contributed by atoms with van der Waals surface area (Å²) in [5.41, 5.74) is 0.744. The molecule has 3 aromatic rings. The molecular weight excluding hydrogens is 416 g/mol. The van der Waals surface area contributed by atoms with Gasteiger partial charge in [0.1, 0.15) is 16.4 Å². The lowest BCUT2D eigenvalue weighted by molar-refractivity contribution is 0.0982. The average molecular weight is 435 g/mol. The van der Waals surface area contributed by atoms with Gasteiger partial charge in [0.15, 0.2) is 5.11 Å². The van der Waals surface area contributed by atoms with Gasteiger partial charge in [-0.15, -0.1) is 11.3 Å². The zero-order chi connectivity index (χ0) is 20.3. The van der Waals surface area contributed by atoms with Crippen LogP contribution in [-0.4, -0.2) is 24.2 Å². The summed E-state index contributed by atoms with van der Waals surface area (Å²) in [6.45, 7) is 3.93. The zero-order valence-corrected chi connectivity index (χ0v) is 17.9. The van der Waals surface area contributed by atoms with Gasteiger partial charge in [-0.05, 0) is 68.5 Å². The molecule has 0 aliphatic heterocycles. The van der Waals surface area contributed by atoms with E-state index in [1.165, 1.54) is 11.3 Å². The molecule has 0 fully saturated rings. The number of hydrogen-bond donors (Lipinski definition) is 2. The van der Waals surface area contributed by atoms with E-state index in [0.717, 1.165) is 21.5 Å². The monoisotopic (exact) mass is 434 g/mol. The minimum absolute atomic E-state index is 0.102. The lowest BCUT2D eigenvalue weighted by Gasteiger charge is -2.12. The van der Waals surface area contributed by atoms with E-state index in [1.54, 1.807) is 7.11 Å². The van der Waals surface area contributed by atoms with E-state index in [0.29, 0.717) is 15.6 Å². The number of thiophene rings is 1. The van der Waals surface area contributed by atoms with Crippen LogP contribution < -0.4 is 20.1 Å². The molecule has 5 nitrogen and oxygen atoms in total. The van der Waals surface area contributed by atoms with Gasteiger partial charge in [-0.25, -0.2) is 0 Å². The van der Waals surface area contributed by atoms with E-state index in [4.69, 9.17) is 33.3 Å². The summed E-state index contributed by atoms with van der Waals surface area (Å²) in [5, 5.41) is 7.04. The number of thiocarbonyl (C=S) groups is 1. The number of carbonyl (C=O) groups excluding carboxylic acids is 1. The second-order valence-corrected chi connectivity index (χ2v) is 8.04. The molecule has 28 heavy (non-hydrogen) atoms. The number of anilines is 1. The molecule has 0 saturated heterocycles. The van der Waals surface area contributed by atoms with Gasteiger partial charge >= 0.3 is 0 Å². The summed E-state index contributed by atoms with van der Waals surface area (Å²) in [6.07, 6.45) is 0.102. The molecule has 0 radical (unpaired) electrons. The maximum absolute atomic E-state index is 12.6. The predicted molar refractivity (Wildman–Crippen MR) is 119 cm³/mol. The largest absolute Gasteiger partial charge is 0.497 e. The van der Waals surface area contributed by atoms with Crippen LogP contribution in [0.25, 0.3) is 10.1 Å². The van der Waals surface area contributed by atoms with Crippen molar-refractivity contribution in [3.05, 3.63) is 52.4 Å². The van der Waals surface area contributed by atoms with Gasteiger partial charge in [-0.3, -0.25) is 10.1 Å². The number of fused-ring (bicyclic) bond motifs is 1. The van der Waals surface area contributed by atoms with Gasteiger partial charge in [-0.1, -0.05) is 11.6 Å². The van der Waals surface area contributed by atoms with Crippen molar-refractivity contribution in [2.45, 2.75) is 20.0 Å². The fourth-order valence-electron chi connectivity index (χ4n) is 2.53. The van der Waals surface area contributed by atoms with Crippen LogP contribution in [0, 0.1) is 0 Å². The molecule has 1 aromatic heterocycles. The van der Waals surface area contributed by atoms with Crippen molar-refractivity contribution < 1.29 is 14.3 Å². The van der Waals surface area contributed by atoms with Gasteiger partial charge in [0.25, 0.3) is 5.91 Å². The molecule has 1 heterocycles. The normalized spacial score (nSPS) is 10.8. The Balaban J connectivity index is 1.68. The van der Waals surface area contributed by atoms with Crippen molar-refractivity contribution in [1.82, 2.24) is 5.32 Å². The third-order valence-electron chi connectivity index (χ3n) is 3.75. The van der Waals surface area contributed by atoms with Crippen LogP contribution in [0.4, 0.5) is 5.69 Å². The van der Waals surface area contributed by atoms with Crippen LogP contribution in [0.2, 0.25) is 5.02 Å². The lowest BCUT2D eigenvalue weighted by Crippen LogP contribution is -2.33. The first-order valence-electron chi connectivity index (χ1n) is 8.52. The average Bonchev–Trinajstić information content (AvgIpc) is 2.99. The van der Waals surface area contributed by atoms with Crippen molar-refractivity contribution in [2.75, 3.05) is 12.4 Å². The number of hydrogen-bond acceptors (Lipinski definition) is 5. The Morgan fingerprint density at radius 1 is 1.14 bits per heavy atom. The van der Waals surface area contributed by atoms with Crippen molar-refractivity contribution in [2.24, 2.45) is 0 Å². The maximum atomic E-state index is 12.6. The molecule has 3 rings (SSSR count). The molecule has 0 saturated carbocycles. The number of rotatable bonds is 5. The molecule has 146 valence electrons. The molecule has 0 unspecified atom stereocenters. The van der Waals surface area contributed by atoms with Crippen LogP contribution >= 0.6 is 35.2 Å². The summed E-state index contributed by atoms with van der Waals surface area (Å²) in [7, 11) is 1.59. The minimum atomic E-state index is -0.359.